The highest BCUT2D eigenvalue weighted by molar-refractivity contribution is 7.13. The van der Waals surface area contributed by atoms with Gasteiger partial charge < -0.3 is 19.0 Å². The molecule has 0 amide bonds. The number of nitrogens with one attached hydrogen (secondary N) is 2. The van der Waals surface area contributed by atoms with Crippen LogP contribution in [0.3, 0.4) is 0 Å². The van der Waals surface area contributed by atoms with E-state index in [2.05, 4.69) is 15.2 Å². The van der Waals surface area contributed by atoms with Crippen molar-refractivity contribution in [2.45, 2.75) is 19.5 Å². The molecule has 1 unspecified atom stereocenters. The number of Topliss-reactive ketones (excluding diaryl/α,β-unsaturated/α-hetero) is 1. The van der Waals surface area contributed by atoms with Crippen LogP contribution in [0.1, 0.15) is 23.2 Å². The SMILES string of the molecule is COCC[NH+](Cc1nnc(-c2cccs2)o1)[C@@H](C)C(=O)c1c[nH]c2ccccc12. The molecule has 0 fully saturated rings. The fourth-order valence-electron chi connectivity index (χ4n) is 3.40. The maximum atomic E-state index is 13.3. The average Bonchev–Trinajstić information content (AvgIpc) is 3.50. The van der Waals surface area contributed by atoms with Crippen molar-refractivity contribution in [2.24, 2.45) is 0 Å². The Bertz CT molecular complexity index is 1090. The van der Waals surface area contributed by atoms with Crippen LogP contribution >= 0.6 is 11.3 Å². The third-order valence-electron chi connectivity index (χ3n) is 5.06. The van der Waals surface area contributed by atoms with Crippen molar-refractivity contribution in [3.05, 3.63) is 59.4 Å². The Labute approximate surface area is 172 Å². The number of rotatable bonds is 9. The summed E-state index contributed by atoms with van der Waals surface area (Å²) in [6, 6.07) is 11.4. The van der Waals surface area contributed by atoms with Gasteiger partial charge in [-0.2, -0.15) is 0 Å². The highest BCUT2D eigenvalue weighted by Gasteiger charge is 2.29. The van der Waals surface area contributed by atoms with E-state index in [0.29, 0.717) is 37.0 Å². The number of benzene rings is 1. The molecule has 0 aliphatic rings. The van der Waals surface area contributed by atoms with Crippen LogP contribution in [0.2, 0.25) is 0 Å². The molecule has 2 atom stereocenters. The van der Waals surface area contributed by atoms with Crippen molar-refractivity contribution in [3.63, 3.8) is 0 Å². The number of ketones is 1. The molecule has 0 saturated carbocycles. The molecule has 1 aromatic carbocycles. The fourth-order valence-corrected chi connectivity index (χ4v) is 4.05. The number of aromatic amines is 1. The molecule has 150 valence electrons. The minimum Gasteiger partial charge on any atom is -0.414 e. The number of hydrogen-bond donors (Lipinski definition) is 2. The summed E-state index contributed by atoms with van der Waals surface area (Å²) in [5.74, 6) is 1.10. The molecule has 0 bridgehead atoms. The molecule has 4 aromatic rings. The minimum absolute atomic E-state index is 0.0755. The summed E-state index contributed by atoms with van der Waals surface area (Å²) in [7, 11) is 1.66. The summed E-state index contributed by atoms with van der Waals surface area (Å²) in [5.41, 5.74) is 1.66. The highest BCUT2D eigenvalue weighted by atomic mass is 32.1. The zero-order chi connectivity index (χ0) is 20.2. The van der Waals surface area contributed by atoms with Gasteiger partial charge >= 0.3 is 0 Å². The largest absolute Gasteiger partial charge is 0.414 e. The second kappa shape index (κ2) is 8.69. The second-order valence-electron chi connectivity index (χ2n) is 6.89. The van der Waals surface area contributed by atoms with Gasteiger partial charge in [0.1, 0.15) is 12.6 Å². The quantitative estimate of drug-likeness (QED) is 0.414. The Morgan fingerprint density at radius 3 is 2.93 bits per heavy atom. The molecule has 3 aromatic heterocycles. The first-order valence-electron chi connectivity index (χ1n) is 9.47. The van der Waals surface area contributed by atoms with Crippen LogP contribution in [0.15, 0.2) is 52.4 Å². The standard InChI is InChI=1S/C21H22N4O3S/c1-14(20(26)16-12-22-17-7-4-3-6-15(16)17)25(9-10-27-2)13-19-23-24-21(28-19)18-8-5-11-29-18/h3-8,11-12,14,22H,9-10,13H2,1-2H3/p+1/t14-/m0/s1. The Kier molecular flexibility index (Phi) is 5.84. The molecule has 0 aliphatic heterocycles. The van der Waals surface area contributed by atoms with Crippen molar-refractivity contribution in [3.8, 4) is 10.8 Å². The molecule has 29 heavy (non-hydrogen) atoms. The van der Waals surface area contributed by atoms with Crippen LogP contribution in [0, 0.1) is 0 Å². The first kappa shape index (κ1) is 19.5. The summed E-state index contributed by atoms with van der Waals surface area (Å²) in [5, 5.41) is 11.2. The lowest BCUT2D eigenvalue weighted by Crippen LogP contribution is -3.15. The van der Waals surface area contributed by atoms with E-state index in [4.69, 9.17) is 9.15 Å². The number of quaternary nitrogens is 1. The molecule has 7 nitrogen and oxygen atoms in total. The number of thiophene rings is 1. The van der Waals surface area contributed by atoms with E-state index in [-0.39, 0.29) is 11.8 Å². The molecular weight excluding hydrogens is 388 g/mol. The monoisotopic (exact) mass is 411 g/mol. The molecule has 0 aliphatic carbocycles. The molecule has 0 saturated heterocycles. The number of hydrogen-bond acceptors (Lipinski definition) is 6. The third kappa shape index (κ3) is 4.14. The first-order chi connectivity index (χ1) is 14.2. The molecular formula is C21H23N4O3S+. The zero-order valence-electron chi connectivity index (χ0n) is 16.3. The number of ether oxygens (including phenoxy) is 1. The lowest BCUT2D eigenvalue weighted by Gasteiger charge is -2.23. The van der Waals surface area contributed by atoms with Crippen LogP contribution in [-0.4, -0.2) is 47.3 Å². The Morgan fingerprint density at radius 1 is 1.28 bits per heavy atom. The van der Waals surface area contributed by atoms with Crippen molar-refractivity contribution in [2.75, 3.05) is 20.3 Å². The number of para-hydroxylation sites is 1. The maximum absolute atomic E-state index is 13.3. The Morgan fingerprint density at radius 2 is 2.14 bits per heavy atom. The van der Waals surface area contributed by atoms with E-state index >= 15 is 0 Å². The fraction of sp³-hybridized carbons (Fsp3) is 0.286. The minimum atomic E-state index is -0.290. The van der Waals surface area contributed by atoms with Crippen molar-refractivity contribution >= 4 is 28.0 Å². The topological polar surface area (TPSA) is 85.4 Å². The van der Waals surface area contributed by atoms with E-state index in [9.17, 15) is 4.79 Å². The number of nitrogens with zero attached hydrogens (tertiary/aromatic N) is 2. The van der Waals surface area contributed by atoms with E-state index < -0.39 is 0 Å². The number of carbonyl (C=O) groups excluding carboxylic acids is 1. The molecule has 4 rings (SSSR count). The number of methoxy groups -OCH3 is 1. The molecule has 2 N–H and O–H groups in total. The van der Waals surface area contributed by atoms with Gasteiger partial charge in [-0.25, -0.2) is 0 Å². The highest BCUT2D eigenvalue weighted by Crippen LogP contribution is 2.23. The van der Waals surface area contributed by atoms with Crippen LogP contribution < -0.4 is 4.90 Å². The zero-order valence-corrected chi connectivity index (χ0v) is 17.2. The number of fused-ring (bicyclic) bond motifs is 1. The van der Waals surface area contributed by atoms with E-state index in [1.165, 1.54) is 0 Å². The number of carbonyl (C=O) groups is 1. The van der Waals surface area contributed by atoms with E-state index in [1.807, 2.05) is 48.7 Å². The smallest absolute Gasteiger partial charge is 0.271 e. The van der Waals surface area contributed by atoms with Crippen LogP contribution in [-0.2, 0) is 11.3 Å². The average molecular weight is 412 g/mol. The number of aromatic nitrogens is 3. The van der Waals surface area contributed by atoms with Gasteiger partial charge in [-0.15, -0.1) is 21.5 Å². The van der Waals surface area contributed by atoms with Crippen LogP contribution in [0.4, 0.5) is 0 Å². The Hall–Kier alpha value is -2.81. The van der Waals surface area contributed by atoms with Gasteiger partial charge in [0.25, 0.3) is 11.8 Å². The van der Waals surface area contributed by atoms with Gasteiger partial charge in [0.05, 0.1) is 11.5 Å². The number of H-pyrrole nitrogens is 1. The van der Waals surface area contributed by atoms with Crippen LogP contribution in [0.25, 0.3) is 21.7 Å². The second-order valence-corrected chi connectivity index (χ2v) is 7.84. The summed E-state index contributed by atoms with van der Waals surface area (Å²) in [6.07, 6.45) is 1.79. The Balaban J connectivity index is 1.55. The molecule has 8 heteroatoms. The van der Waals surface area contributed by atoms with Gasteiger partial charge in [0, 0.05) is 29.8 Å². The van der Waals surface area contributed by atoms with Gasteiger partial charge in [-0.05, 0) is 24.4 Å². The molecule has 0 radical (unpaired) electrons. The molecule has 3 heterocycles. The lowest BCUT2D eigenvalue weighted by atomic mass is 10.0. The van der Waals surface area contributed by atoms with Gasteiger partial charge in [-0.3, -0.25) is 4.79 Å². The lowest BCUT2D eigenvalue weighted by molar-refractivity contribution is -0.928. The van der Waals surface area contributed by atoms with Crippen molar-refractivity contribution in [1.29, 1.82) is 0 Å². The van der Waals surface area contributed by atoms with Gasteiger partial charge in [0.2, 0.25) is 5.78 Å². The first-order valence-corrected chi connectivity index (χ1v) is 10.4. The van der Waals surface area contributed by atoms with E-state index in [1.54, 1.807) is 24.6 Å². The molecule has 0 spiro atoms. The van der Waals surface area contributed by atoms with Gasteiger partial charge in [0.15, 0.2) is 6.54 Å². The summed E-state index contributed by atoms with van der Waals surface area (Å²) >= 11 is 1.55. The normalized spacial score (nSPS) is 13.6. The summed E-state index contributed by atoms with van der Waals surface area (Å²) in [4.78, 5) is 18.4. The summed E-state index contributed by atoms with van der Waals surface area (Å²) < 4.78 is 11.1. The van der Waals surface area contributed by atoms with Crippen molar-refractivity contribution < 1.29 is 18.8 Å². The maximum Gasteiger partial charge on any atom is 0.271 e. The predicted molar refractivity (Wildman–Crippen MR) is 111 cm³/mol. The summed E-state index contributed by atoms with van der Waals surface area (Å²) in [6.45, 7) is 3.58. The van der Waals surface area contributed by atoms with Gasteiger partial charge in [-0.1, -0.05) is 24.3 Å². The van der Waals surface area contributed by atoms with E-state index in [0.717, 1.165) is 20.7 Å². The third-order valence-corrected chi connectivity index (χ3v) is 5.92. The van der Waals surface area contributed by atoms with Crippen LogP contribution in [0.5, 0.6) is 0 Å². The van der Waals surface area contributed by atoms with Crippen molar-refractivity contribution in [1.82, 2.24) is 15.2 Å². The predicted octanol–water partition coefficient (Wildman–Crippen LogP) is 2.58.